The SMILES string of the molecule is CCNC(=NCc1ncc(CC)s1)NCCC(=O)Nc1cccc(Cl)c1C.I. The summed E-state index contributed by atoms with van der Waals surface area (Å²) in [7, 11) is 0. The van der Waals surface area contributed by atoms with Gasteiger partial charge in [-0.1, -0.05) is 24.6 Å². The van der Waals surface area contributed by atoms with Crippen LogP contribution in [0.4, 0.5) is 5.69 Å². The maximum Gasteiger partial charge on any atom is 0.226 e. The van der Waals surface area contributed by atoms with Crippen LogP contribution in [0.15, 0.2) is 29.4 Å². The molecular weight excluding hydrogens is 509 g/mol. The van der Waals surface area contributed by atoms with Crippen LogP contribution >= 0.6 is 46.9 Å². The smallest absolute Gasteiger partial charge is 0.226 e. The van der Waals surface area contributed by atoms with Crippen LogP contribution in [-0.2, 0) is 17.8 Å². The normalized spacial score (nSPS) is 10.9. The number of carbonyl (C=O) groups excluding carboxylic acids is 1. The molecular formula is C19H27ClIN5OS. The monoisotopic (exact) mass is 535 g/mol. The van der Waals surface area contributed by atoms with Gasteiger partial charge in [-0.05, 0) is 38.0 Å². The van der Waals surface area contributed by atoms with Crippen LogP contribution in [-0.4, -0.2) is 29.9 Å². The number of benzene rings is 1. The molecule has 3 N–H and O–H groups in total. The zero-order valence-electron chi connectivity index (χ0n) is 16.3. The summed E-state index contributed by atoms with van der Waals surface area (Å²) in [6.07, 6.45) is 3.21. The number of amides is 1. The standard InChI is InChI=1S/C19H26ClN5OS.HI/c1-4-14-11-23-18(27-14)12-24-19(21-5-2)22-10-9-17(26)25-16-8-6-7-15(20)13(16)3;/h6-8,11H,4-5,9-10,12H2,1-3H3,(H,25,26)(H2,21,22,24);1H. The largest absolute Gasteiger partial charge is 0.357 e. The summed E-state index contributed by atoms with van der Waals surface area (Å²) in [5.74, 6) is 0.605. The van der Waals surface area contributed by atoms with Gasteiger partial charge >= 0.3 is 0 Å². The average Bonchev–Trinajstić information content (AvgIpc) is 3.11. The zero-order chi connectivity index (χ0) is 19.6. The van der Waals surface area contributed by atoms with E-state index in [4.69, 9.17) is 11.6 Å². The van der Waals surface area contributed by atoms with Crippen LogP contribution in [0.1, 0.15) is 35.7 Å². The van der Waals surface area contributed by atoms with Gasteiger partial charge in [0, 0.05) is 41.3 Å². The van der Waals surface area contributed by atoms with Gasteiger partial charge in [-0.15, -0.1) is 35.3 Å². The first kappa shape index (κ1) is 24.6. The summed E-state index contributed by atoms with van der Waals surface area (Å²) >= 11 is 7.76. The fraction of sp³-hybridized carbons (Fsp3) is 0.421. The van der Waals surface area contributed by atoms with Crippen molar-refractivity contribution in [2.45, 2.75) is 40.2 Å². The molecule has 154 valence electrons. The molecule has 2 rings (SSSR count). The van der Waals surface area contributed by atoms with Crippen molar-refractivity contribution in [3.63, 3.8) is 0 Å². The number of aromatic nitrogens is 1. The Morgan fingerprint density at radius 1 is 1.29 bits per heavy atom. The Balaban J connectivity index is 0.00000392. The molecule has 0 bridgehead atoms. The van der Waals surface area contributed by atoms with E-state index in [2.05, 4.69) is 32.9 Å². The minimum Gasteiger partial charge on any atom is -0.357 e. The number of guanidine groups is 1. The van der Waals surface area contributed by atoms with Crippen molar-refractivity contribution >= 4 is 64.5 Å². The molecule has 0 unspecified atom stereocenters. The van der Waals surface area contributed by atoms with Gasteiger partial charge in [0.1, 0.15) is 5.01 Å². The maximum atomic E-state index is 12.2. The molecule has 28 heavy (non-hydrogen) atoms. The first-order valence-electron chi connectivity index (χ1n) is 9.04. The van der Waals surface area contributed by atoms with E-state index in [1.807, 2.05) is 32.2 Å². The topological polar surface area (TPSA) is 78.4 Å². The minimum absolute atomic E-state index is 0. The van der Waals surface area contributed by atoms with Gasteiger partial charge in [0.15, 0.2) is 5.96 Å². The lowest BCUT2D eigenvalue weighted by Gasteiger charge is -2.12. The zero-order valence-corrected chi connectivity index (χ0v) is 20.2. The molecule has 0 aliphatic carbocycles. The Morgan fingerprint density at radius 2 is 2.07 bits per heavy atom. The molecule has 1 amide bonds. The number of halogens is 2. The van der Waals surface area contributed by atoms with Crippen molar-refractivity contribution < 1.29 is 4.79 Å². The number of aryl methyl sites for hydroxylation is 1. The highest BCUT2D eigenvalue weighted by atomic mass is 127. The van der Waals surface area contributed by atoms with Crippen molar-refractivity contribution in [1.29, 1.82) is 0 Å². The molecule has 0 atom stereocenters. The number of hydrogen-bond donors (Lipinski definition) is 3. The van der Waals surface area contributed by atoms with Crippen LogP contribution in [0.2, 0.25) is 5.02 Å². The summed E-state index contributed by atoms with van der Waals surface area (Å²) in [6.45, 7) is 7.75. The molecule has 2 aromatic rings. The van der Waals surface area contributed by atoms with Crippen LogP contribution < -0.4 is 16.0 Å². The highest BCUT2D eigenvalue weighted by molar-refractivity contribution is 14.0. The average molecular weight is 536 g/mol. The first-order chi connectivity index (χ1) is 13.0. The van der Waals surface area contributed by atoms with Crippen LogP contribution in [0.5, 0.6) is 0 Å². The summed E-state index contributed by atoms with van der Waals surface area (Å²) in [5, 5.41) is 10.9. The Labute approximate surface area is 192 Å². The molecule has 1 heterocycles. The first-order valence-corrected chi connectivity index (χ1v) is 10.2. The van der Waals surface area contributed by atoms with E-state index in [1.54, 1.807) is 17.4 Å². The van der Waals surface area contributed by atoms with Crippen molar-refractivity contribution in [1.82, 2.24) is 15.6 Å². The second-order valence-electron chi connectivity index (χ2n) is 5.91. The molecule has 0 saturated carbocycles. The van der Waals surface area contributed by atoms with Gasteiger partial charge in [-0.3, -0.25) is 4.79 Å². The highest BCUT2D eigenvalue weighted by Crippen LogP contribution is 2.22. The van der Waals surface area contributed by atoms with Gasteiger partial charge in [-0.25, -0.2) is 9.98 Å². The fourth-order valence-electron chi connectivity index (χ4n) is 2.32. The molecule has 0 radical (unpaired) electrons. The molecule has 1 aromatic heterocycles. The number of nitrogens with one attached hydrogen (secondary N) is 3. The molecule has 1 aromatic carbocycles. The lowest BCUT2D eigenvalue weighted by molar-refractivity contribution is -0.116. The number of nitrogens with zero attached hydrogens (tertiary/aromatic N) is 2. The lowest BCUT2D eigenvalue weighted by atomic mass is 10.2. The fourth-order valence-corrected chi connectivity index (χ4v) is 3.28. The third-order valence-electron chi connectivity index (χ3n) is 3.85. The number of aliphatic imine (C=N–C) groups is 1. The van der Waals surface area contributed by atoms with E-state index < -0.39 is 0 Å². The van der Waals surface area contributed by atoms with Gasteiger partial charge < -0.3 is 16.0 Å². The van der Waals surface area contributed by atoms with E-state index in [9.17, 15) is 4.79 Å². The van der Waals surface area contributed by atoms with Crippen molar-refractivity contribution in [2.24, 2.45) is 4.99 Å². The Hall–Kier alpha value is -1.39. The molecule has 0 spiro atoms. The van der Waals surface area contributed by atoms with Crippen LogP contribution in [0.3, 0.4) is 0 Å². The number of thiazole rings is 1. The Kier molecular flexibility index (Phi) is 11.4. The second kappa shape index (κ2) is 12.9. The number of anilines is 1. The van der Waals surface area contributed by atoms with E-state index in [1.165, 1.54) is 4.88 Å². The summed E-state index contributed by atoms with van der Waals surface area (Å²) in [5.41, 5.74) is 1.61. The molecule has 9 heteroatoms. The summed E-state index contributed by atoms with van der Waals surface area (Å²) in [6, 6.07) is 5.47. The van der Waals surface area contributed by atoms with Gasteiger partial charge in [0.05, 0.1) is 6.54 Å². The van der Waals surface area contributed by atoms with E-state index in [0.29, 0.717) is 30.5 Å². The summed E-state index contributed by atoms with van der Waals surface area (Å²) in [4.78, 5) is 22.3. The Bertz CT molecular complexity index is 796. The van der Waals surface area contributed by atoms with Crippen molar-refractivity contribution in [3.8, 4) is 0 Å². The lowest BCUT2D eigenvalue weighted by Crippen LogP contribution is -2.38. The third kappa shape index (κ3) is 7.92. The van der Waals surface area contributed by atoms with Gasteiger partial charge in [0.2, 0.25) is 5.91 Å². The maximum absolute atomic E-state index is 12.2. The third-order valence-corrected chi connectivity index (χ3v) is 5.39. The van der Waals surface area contributed by atoms with E-state index in [0.717, 1.165) is 29.2 Å². The second-order valence-corrected chi connectivity index (χ2v) is 7.51. The number of carbonyl (C=O) groups is 1. The summed E-state index contributed by atoms with van der Waals surface area (Å²) < 4.78 is 0. The van der Waals surface area contributed by atoms with Crippen LogP contribution in [0, 0.1) is 6.92 Å². The Morgan fingerprint density at radius 3 is 2.75 bits per heavy atom. The quantitative estimate of drug-likeness (QED) is 0.266. The molecule has 0 aliphatic rings. The number of hydrogen-bond acceptors (Lipinski definition) is 4. The molecule has 0 fully saturated rings. The van der Waals surface area contributed by atoms with Gasteiger partial charge in [0.25, 0.3) is 0 Å². The molecule has 0 saturated heterocycles. The predicted octanol–water partition coefficient (Wildman–Crippen LogP) is 4.37. The predicted molar refractivity (Wildman–Crippen MR) is 129 cm³/mol. The van der Waals surface area contributed by atoms with Crippen LogP contribution in [0.25, 0.3) is 0 Å². The van der Waals surface area contributed by atoms with Crippen molar-refractivity contribution in [3.05, 3.63) is 44.9 Å². The van der Waals surface area contributed by atoms with E-state index >= 15 is 0 Å². The van der Waals surface area contributed by atoms with Crippen molar-refractivity contribution in [2.75, 3.05) is 18.4 Å². The van der Waals surface area contributed by atoms with E-state index in [-0.39, 0.29) is 29.9 Å². The highest BCUT2D eigenvalue weighted by Gasteiger charge is 2.07. The molecule has 0 aliphatic heterocycles. The molecule has 6 nitrogen and oxygen atoms in total. The number of rotatable bonds is 8. The van der Waals surface area contributed by atoms with Gasteiger partial charge in [-0.2, -0.15) is 0 Å². The minimum atomic E-state index is -0.0729.